The van der Waals surface area contributed by atoms with Gasteiger partial charge in [0.25, 0.3) is 0 Å². The highest BCUT2D eigenvalue weighted by Gasteiger charge is 2.22. The molecule has 1 aromatic rings. The van der Waals surface area contributed by atoms with Gasteiger partial charge in [0, 0.05) is 25.4 Å². The summed E-state index contributed by atoms with van der Waals surface area (Å²) in [7, 11) is 1.90. The molecule has 20 heavy (non-hydrogen) atoms. The first-order chi connectivity index (χ1) is 9.33. The maximum Gasteiger partial charge on any atom is 0.144 e. The molecule has 0 saturated carbocycles. The molecule has 1 rings (SSSR count). The van der Waals surface area contributed by atoms with Gasteiger partial charge in [0.1, 0.15) is 11.6 Å². The summed E-state index contributed by atoms with van der Waals surface area (Å²) in [5.74, 6) is 1.79. The minimum atomic E-state index is -0.00266. The first-order valence-electron chi connectivity index (χ1n) is 7.30. The molecule has 0 aliphatic heterocycles. The van der Waals surface area contributed by atoms with Crippen molar-refractivity contribution in [1.29, 1.82) is 0 Å². The third kappa shape index (κ3) is 4.42. The fraction of sp³-hybridized carbons (Fsp3) is 0.733. The van der Waals surface area contributed by atoms with E-state index in [1.807, 2.05) is 7.05 Å². The second kappa shape index (κ2) is 7.36. The summed E-state index contributed by atoms with van der Waals surface area (Å²) in [4.78, 5) is 11.8. The predicted molar refractivity (Wildman–Crippen MR) is 89.5 cm³/mol. The maximum absolute atomic E-state index is 4.77. The largest absolute Gasteiger partial charge is 0.372 e. The molecule has 1 aromatic heterocycles. The van der Waals surface area contributed by atoms with Crippen LogP contribution in [0, 0.1) is 0 Å². The van der Waals surface area contributed by atoms with E-state index in [9.17, 15) is 0 Å². The van der Waals surface area contributed by atoms with Gasteiger partial charge in [-0.2, -0.15) is 0 Å². The van der Waals surface area contributed by atoms with E-state index < -0.39 is 0 Å². The molecule has 0 unspecified atom stereocenters. The number of rotatable bonds is 6. The van der Waals surface area contributed by atoms with Crippen LogP contribution in [0.1, 0.15) is 46.1 Å². The number of anilines is 1. The summed E-state index contributed by atoms with van der Waals surface area (Å²) >= 11 is 3.62. The Labute approximate surface area is 131 Å². The quantitative estimate of drug-likeness (QED) is 0.859. The van der Waals surface area contributed by atoms with Crippen LogP contribution in [0.2, 0.25) is 0 Å². The lowest BCUT2D eigenvalue weighted by molar-refractivity contribution is 0.305. The lowest BCUT2D eigenvalue weighted by Gasteiger charge is -2.22. The van der Waals surface area contributed by atoms with Gasteiger partial charge < -0.3 is 10.2 Å². The molecule has 0 atom stereocenters. The van der Waals surface area contributed by atoms with Gasteiger partial charge in [-0.25, -0.2) is 9.97 Å². The number of likely N-dealkylation sites (N-methyl/N-ethyl adjacent to an activating group) is 1. The monoisotopic (exact) mass is 342 g/mol. The van der Waals surface area contributed by atoms with Crippen molar-refractivity contribution in [2.75, 3.05) is 32.0 Å². The van der Waals surface area contributed by atoms with Crippen LogP contribution in [-0.4, -0.2) is 41.5 Å². The van der Waals surface area contributed by atoms with E-state index in [-0.39, 0.29) is 5.41 Å². The van der Waals surface area contributed by atoms with Gasteiger partial charge in [0.05, 0.1) is 10.2 Å². The van der Waals surface area contributed by atoms with E-state index in [4.69, 9.17) is 4.98 Å². The molecule has 114 valence electrons. The van der Waals surface area contributed by atoms with E-state index in [0.717, 1.165) is 47.9 Å². The summed E-state index contributed by atoms with van der Waals surface area (Å²) < 4.78 is 0.971. The molecule has 0 fully saturated rings. The lowest BCUT2D eigenvalue weighted by atomic mass is 9.92. The van der Waals surface area contributed by atoms with Crippen LogP contribution < -0.4 is 5.32 Å². The molecule has 4 nitrogen and oxygen atoms in total. The lowest BCUT2D eigenvalue weighted by Crippen LogP contribution is -2.26. The van der Waals surface area contributed by atoms with Crippen molar-refractivity contribution in [2.24, 2.45) is 0 Å². The predicted octanol–water partition coefficient (Wildman–Crippen LogP) is 3.46. The maximum atomic E-state index is 4.77. The molecule has 0 saturated heterocycles. The third-order valence-corrected chi connectivity index (χ3v) is 4.14. The van der Waals surface area contributed by atoms with E-state index in [2.05, 4.69) is 65.7 Å². The van der Waals surface area contributed by atoms with E-state index in [1.165, 1.54) is 0 Å². The number of halogens is 1. The number of nitrogens with one attached hydrogen (secondary N) is 1. The Kier molecular flexibility index (Phi) is 6.40. The smallest absolute Gasteiger partial charge is 0.144 e. The van der Waals surface area contributed by atoms with Crippen molar-refractivity contribution in [3.05, 3.63) is 16.0 Å². The molecule has 0 aromatic carbocycles. The Balaban J connectivity index is 3.03. The van der Waals surface area contributed by atoms with E-state index in [0.29, 0.717) is 0 Å². The molecule has 0 radical (unpaired) electrons. The molecule has 1 N–H and O–H groups in total. The zero-order valence-electron chi connectivity index (χ0n) is 13.5. The molecule has 5 heteroatoms. The Morgan fingerprint density at radius 3 is 2.20 bits per heavy atom. The van der Waals surface area contributed by atoms with Crippen molar-refractivity contribution >= 4 is 21.7 Å². The SMILES string of the molecule is CCN(CC)CCc1nc(NC)c(Br)c(C(C)(C)C)n1. The molecule has 0 aliphatic carbocycles. The van der Waals surface area contributed by atoms with Gasteiger partial charge in [-0.05, 0) is 29.0 Å². The zero-order chi connectivity index (χ0) is 15.3. The molecule has 0 spiro atoms. The zero-order valence-corrected chi connectivity index (χ0v) is 15.1. The third-order valence-electron chi connectivity index (χ3n) is 3.39. The second-order valence-electron chi connectivity index (χ2n) is 5.93. The highest BCUT2D eigenvalue weighted by atomic mass is 79.9. The van der Waals surface area contributed by atoms with Crippen molar-refractivity contribution < 1.29 is 0 Å². The summed E-state index contributed by atoms with van der Waals surface area (Å²) in [6.45, 7) is 14.0. The average molecular weight is 343 g/mol. The highest BCUT2D eigenvalue weighted by Crippen LogP contribution is 2.32. The number of hydrogen-bond acceptors (Lipinski definition) is 4. The summed E-state index contributed by atoms with van der Waals surface area (Å²) in [5.41, 5.74) is 1.06. The Bertz CT molecular complexity index is 436. The van der Waals surface area contributed by atoms with E-state index >= 15 is 0 Å². The highest BCUT2D eigenvalue weighted by molar-refractivity contribution is 9.10. The van der Waals surface area contributed by atoms with Gasteiger partial charge in [-0.1, -0.05) is 34.6 Å². The summed E-state index contributed by atoms with van der Waals surface area (Å²) in [5, 5.41) is 3.15. The molecular weight excluding hydrogens is 316 g/mol. The van der Waals surface area contributed by atoms with Gasteiger partial charge in [-0.3, -0.25) is 0 Å². The van der Waals surface area contributed by atoms with Crippen molar-refractivity contribution in [3.63, 3.8) is 0 Å². The van der Waals surface area contributed by atoms with Crippen LogP contribution in [0.15, 0.2) is 4.47 Å². The number of aromatic nitrogens is 2. The van der Waals surface area contributed by atoms with Crippen LogP contribution in [-0.2, 0) is 11.8 Å². The van der Waals surface area contributed by atoms with E-state index in [1.54, 1.807) is 0 Å². The second-order valence-corrected chi connectivity index (χ2v) is 6.72. The van der Waals surface area contributed by atoms with Crippen LogP contribution in [0.3, 0.4) is 0 Å². The minimum absolute atomic E-state index is 0.00266. The molecule has 0 amide bonds. The van der Waals surface area contributed by atoms with Crippen molar-refractivity contribution in [2.45, 2.75) is 46.5 Å². The van der Waals surface area contributed by atoms with Crippen LogP contribution >= 0.6 is 15.9 Å². The standard InChI is InChI=1S/C15H27BrN4/c1-7-20(8-2)10-9-11-18-13(15(3,4)5)12(16)14(17-6)19-11/h7-10H2,1-6H3,(H,17,18,19). The summed E-state index contributed by atoms with van der Waals surface area (Å²) in [6, 6.07) is 0. The summed E-state index contributed by atoms with van der Waals surface area (Å²) in [6.07, 6.45) is 0.882. The van der Waals surface area contributed by atoms with Gasteiger partial charge in [-0.15, -0.1) is 0 Å². The fourth-order valence-corrected chi connectivity index (χ4v) is 3.04. The molecular formula is C15H27BrN4. The van der Waals surface area contributed by atoms with Gasteiger partial charge in [0.15, 0.2) is 0 Å². The normalized spacial score (nSPS) is 12.0. The Hall–Kier alpha value is -0.680. The number of hydrogen-bond donors (Lipinski definition) is 1. The average Bonchev–Trinajstić information content (AvgIpc) is 2.39. The van der Waals surface area contributed by atoms with Crippen molar-refractivity contribution in [1.82, 2.24) is 14.9 Å². The van der Waals surface area contributed by atoms with Crippen LogP contribution in [0.25, 0.3) is 0 Å². The van der Waals surface area contributed by atoms with Gasteiger partial charge in [0.2, 0.25) is 0 Å². The van der Waals surface area contributed by atoms with Crippen LogP contribution in [0.5, 0.6) is 0 Å². The Morgan fingerprint density at radius 2 is 1.75 bits per heavy atom. The fourth-order valence-electron chi connectivity index (χ4n) is 2.07. The minimum Gasteiger partial charge on any atom is -0.372 e. The van der Waals surface area contributed by atoms with Crippen molar-refractivity contribution in [3.8, 4) is 0 Å². The topological polar surface area (TPSA) is 41.1 Å². The molecule has 0 aliphatic rings. The molecule has 1 heterocycles. The van der Waals surface area contributed by atoms with Gasteiger partial charge >= 0.3 is 0 Å². The number of nitrogens with zero attached hydrogens (tertiary/aromatic N) is 3. The Morgan fingerprint density at radius 1 is 1.15 bits per heavy atom. The molecule has 0 bridgehead atoms. The first kappa shape index (κ1) is 17.4. The van der Waals surface area contributed by atoms with Crippen LogP contribution in [0.4, 0.5) is 5.82 Å². The first-order valence-corrected chi connectivity index (χ1v) is 8.09.